The van der Waals surface area contributed by atoms with E-state index in [1.54, 1.807) is 28.0 Å². The van der Waals surface area contributed by atoms with Gasteiger partial charge in [0, 0.05) is 31.4 Å². The van der Waals surface area contributed by atoms with E-state index in [1.165, 1.54) is 0 Å². The van der Waals surface area contributed by atoms with Crippen LogP contribution in [0, 0.1) is 5.92 Å². The maximum absolute atomic E-state index is 12.7. The lowest BCUT2D eigenvalue weighted by molar-refractivity contribution is -0.140. The first-order valence-corrected chi connectivity index (χ1v) is 8.55. The third-order valence-corrected chi connectivity index (χ3v) is 5.39. The summed E-state index contributed by atoms with van der Waals surface area (Å²) in [7, 11) is 0. The molecule has 0 aromatic heterocycles. The van der Waals surface area contributed by atoms with E-state index < -0.39 is 5.92 Å². The van der Waals surface area contributed by atoms with E-state index in [2.05, 4.69) is 0 Å². The fourth-order valence-corrected chi connectivity index (χ4v) is 3.68. The zero-order chi connectivity index (χ0) is 16.6. The van der Waals surface area contributed by atoms with Crippen LogP contribution in [0.1, 0.15) is 19.3 Å². The summed E-state index contributed by atoms with van der Waals surface area (Å²) >= 11 is 11.9. The van der Waals surface area contributed by atoms with Crippen LogP contribution in [0.15, 0.2) is 18.2 Å². The highest BCUT2D eigenvalue weighted by Crippen LogP contribution is 2.32. The van der Waals surface area contributed by atoms with Gasteiger partial charge in [-0.25, -0.2) is 0 Å². The summed E-state index contributed by atoms with van der Waals surface area (Å²) in [6.45, 7) is 1.65. The molecule has 2 fully saturated rings. The van der Waals surface area contributed by atoms with Crippen molar-refractivity contribution < 1.29 is 9.59 Å². The number of nitrogens with two attached hydrogens (primary N) is 1. The van der Waals surface area contributed by atoms with Crippen molar-refractivity contribution in [3.63, 3.8) is 0 Å². The van der Waals surface area contributed by atoms with Gasteiger partial charge in [-0.3, -0.25) is 9.59 Å². The van der Waals surface area contributed by atoms with Gasteiger partial charge in [-0.1, -0.05) is 23.2 Å². The van der Waals surface area contributed by atoms with E-state index >= 15 is 0 Å². The molecule has 2 aliphatic rings. The molecular formula is C16H19Cl2N3O2. The summed E-state index contributed by atoms with van der Waals surface area (Å²) < 4.78 is 0. The Morgan fingerprint density at radius 1 is 1.22 bits per heavy atom. The maximum atomic E-state index is 12.7. The first-order valence-electron chi connectivity index (χ1n) is 7.80. The van der Waals surface area contributed by atoms with Crippen molar-refractivity contribution in [2.75, 3.05) is 24.5 Å². The molecule has 2 saturated heterocycles. The number of amides is 2. The van der Waals surface area contributed by atoms with E-state index in [1.807, 2.05) is 0 Å². The molecular weight excluding hydrogens is 337 g/mol. The first-order chi connectivity index (χ1) is 11.0. The highest BCUT2D eigenvalue weighted by Gasteiger charge is 2.42. The average molecular weight is 356 g/mol. The molecule has 2 unspecified atom stereocenters. The van der Waals surface area contributed by atoms with Gasteiger partial charge >= 0.3 is 0 Å². The number of carbonyl (C=O) groups is 2. The van der Waals surface area contributed by atoms with Crippen LogP contribution >= 0.6 is 23.2 Å². The van der Waals surface area contributed by atoms with E-state index in [0.717, 1.165) is 12.8 Å². The van der Waals surface area contributed by atoms with Gasteiger partial charge in [0.2, 0.25) is 11.8 Å². The van der Waals surface area contributed by atoms with Gasteiger partial charge in [-0.05, 0) is 37.5 Å². The monoisotopic (exact) mass is 355 g/mol. The summed E-state index contributed by atoms with van der Waals surface area (Å²) in [6, 6.07) is 5.13. The van der Waals surface area contributed by atoms with Gasteiger partial charge < -0.3 is 15.5 Å². The Labute approximate surface area is 145 Å². The lowest BCUT2D eigenvalue weighted by Gasteiger charge is -2.26. The van der Waals surface area contributed by atoms with E-state index in [-0.39, 0.29) is 17.9 Å². The smallest absolute Gasteiger partial charge is 0.239 e. The van der Waals surface area contributed by atoms with E-state index in [4.69, 9.17) is 28.9 Å². The zero-order valence-electron chi connectivity index (χ0n) is 12.7. The molecule has 23 heavy (non-hydrogen) atoms. The Bertz CT molecular complexity index is 638. The molecule has 2 N–H and O–H groups in total. The van der Waals surface area contributed by atoms with Gasteiger partial charge in [0.05, 0.1) is 10.0 Å². The van der Waals surface area contributed by atoms with Crippen LogP contribution in [0.3, 0.4) is 0 Å². The molecule has 0 spiro atoms. The van der Waals surface area contributed by atoms with Crippen LogP contribution in [0.5, 0.6) is 0 Å². The molecule has 0 bridgehead atoms. The molecule has 0 radical (unpaired) electrons. The van der Waals surface area contributed by atoms with Crippen molar-refractivity contribution >= 4 is 40.7 Å². The van der Waals surface area contributed by atoms with E-state index in [9.17, 15) is 9.59 Å². The Kier molecular flexibility index (Phi) is 4.80. The third-order valence-electron chi connectivity index (χ3n) is 4.65. The average Bonchev–Trinajstić information content (AvgIpc) is 3.16. The molecule has 0 aliphatic carbocycles. The van der Waals surface area contributed by atoms with Crippen LogP contribution in [0.2, 0.25) is 10.0 Å². The molecule has 2 amide bonds. The molecule has 5 nitrogen and oxygen atoms in total. The Hall–Kier alpha value is -1.30. The largest absolute Gasteiger partial charge is 0.338 e. The number of nitrogens with zero attached hydrogens (tertiary/aromatic N) is 2. The number of halogens is 2. The van der Waals surface area contributed by atoms with Crippen molar-refractivity contribution in [2.24, 2.45) is 11.7 Å². The van der Waals surface area contributed by atoms with Gasteiger partial charge in [0.15, 0.2) is 0 Å². The second-order valence-electron chi connectivity index (χ2n) is 5.99. The number of benzene rings is 1. The molecule has 2 atom stereocenters. The lowest BCUT2D eigenvalue weighted by Crippen LogP contribution is -2.45. The predicted octanol–water partition coefficient (Wildman–Crippen LogP) is 2.30. The molecule has 124 valence electrons. The third kappa shape index (κ3) is 3.05. The van der Waals surface area contributed by atoms with Crippen LogP contribution in [0.25, 0.3) is 0 Å². The number of likely N-dealkylation sites (tertiary alicyclic amines) is 1. The second kappa shape index (κ2) is 6.67. The minimum atomic E-state index is -0.614. The summed E-state index contributed by atoms with van der Waals surface area (Å²) in [5.74, 6) is -0.877. The van der Waals surface area contributed by atoms with E-state index in [0.29, 0.717) is 41.8 Å². The standard InChI is InChI=1S/C16H19Cl2N3O2/c17-13-4-3-10(8-14(13)18)21-7-5-12(16(21)23)15(22)20-6-1-2-11(20)9-19/h3-4,8,11-12H,1-2,5-7,9,19H2. The summed E-state index contributed by atoms with van der Waals surface area (Å²) in [4.78, 5) is 28.8. The van der Waals surface area contributed by atoms with Crippen molar-refractivity contribution in [1.29, 1.82) is 0 Å². The van der Waals surface area contributed by atoms with Crippen LogP contribution in [0.4, 0.5) is 5.69 Å². The number of carbonyl (C=O) groups excluding carboxylic acids is 2. The summed E-state index contributed by atoms with van der Waals surface area (Å²) in [5, 5.41) is 0.840. The van der Waals surface area contributed by atoms with Gasteiger partial charge in [0.1, 0.15) is 5.92 Å². The van der Waals surface area contributed by atoms with Crippen molar-refractivity contribution in [2.45, 2.75) is 25.3 Å². The van der Waals surface area contributed by atoms with Crippen LogP contribution in [-0.4, -0.2) is 42.4 Å². The number of anilines is 1. The SMILES string of the molecule is NCC1CCCN1C(=O)C1CCN(c2ccc(Cl)c(Cl)c2)C1=O. The molecule has 1 aromatic carbocycles. The van der Waals surface area contributed by atoms with Gasteiger partial charge in [0.25, 0.3) is 0 Å². The molecule has 2 aliphatic heterocycles. The second-order valence-corrected chi connectivity index (χ2v) is 6.81. The Morgan fingerprint density at radius 2 is 2.00 bits per heavy atom. The quantitative estimate of drug-likeness (QED) is 0.845. The van der Waals surface area contributed by atoms with Crippen molar-refractivity contribution in [3.8, 4) is 0 Å². The summed E-state index contributed by atoms with van der Waals surface area (Å²) in [6.07, 6.45) is 2.39. The number of rotatable bonds is 3. The molecule has 7 heteroatoms. The fraction of sp³-hybridized carbons (Fsp3) is 0.500. The van der Waals surface area contributed by atoms with Crippen molar-refractivity contribution in [1.82, 2.24) is 4.90 Å². The lowest BCUT2D eigenvalue weighted by atomic mass is 10.1. The minimum absolute atomic E-state index is 0.0642. The summed E-state index contributed by atoms with van der Waals surface area (Å²) in [5.41, 5.74) is 6.41. The predicted molar refractivity (Wildman–Crippen MR) is 90.7 cm³/mol. The minimum Gasteiger partial charge on any atom is -0.338 e. The van der Waals surface area contributed by atoms with Gasteiger partial charge in [-0.15, -0.1) is 0 Å². The van der Waals surface area contributed by atoms with Crippen LogP contribution < -0.4 is 10.6 Å². The Morgan fingerprint density at radius 3 is 2.70 bits per heavy atom. The Balaban J connectivity index is 1.76. The normalized spacial score (nSPS) is 24.6. The van der Waals surface area contributed by atoms with Crippen LogP contribution in [-0.2, 0) is 9.59 Å². The number of hydrogen-bond acceptors (Lipinski definition) is 3. The van der Waals surface area contributed by atoms with Gasteiger partial charge in [-0.2, -0.15) is 0 Å². The highest BCUT2D eigenvalue weighted by atomic mass is 35.5. The molecule has 3 rings (SSSR count). The number of hydrogen-bond donors (Lipinski definition) is 1. The molecule has 2 heterocycles. The highest BCUT2D eigenvalue weighted by molar-refractivity contribution is 6.42. The first kappa shape index (κ1) is 16.6. The zero-order valence-corrected chi connectivity index (χ0v) is 14.2. The molecule has 1 aromatic rings. The van der Waals surface area contributed by atoms with Crippen molar-refractivity contribution in [3.05, 3.63) is 28.2 Å². The fourth-order valence-electron chi connectivity index (χ4n) is 3.39. The topological polar surface area (TPSA) is 66.6 Å². The molecule has 0 saturated carbocycles. The maximum Gasteiger partial charge on any atom is 0.239 e.